The Labute approximate surface area is 111 Å². The van der Waals surface area contributed by atoms with Crippen LogP contribution in [-0.2, 0) is 20.0 Å². The fraction of sp³-hybridized carbons (Fsp3) is 0.333. The maximum absolute atomic E-state index is 13.4. The van der Waals surface area contributed by atoms with E-state index in [9.17, 15) is 21.2 Å². The molecule has 0 aliphatic heterocycles. The average Bonchev–Trinajstić information content (AvgIpc) is 2.27. The monoisotopic (exact) mass is 311 g/mol. The zero-order chi connectivity index (χ0) is 14.7. The maximum Gasteiger partial charge on any atom is 0.243 e. The number of sulfonamides is 2. The smallest absolute Gasteiger partial charge is 0.243 e. The third kappa shape index (κ3) is 4.42. The van der Waals surface area contributed by atoms with Gasteiger partial charge in [0.2, 0.25) is 20.0 Å². The van der Waals surface area contributed by atoms with Crippen molar-refractivity contribution in [1.82, 2.24) is 9.44 Å². The van der Waals surface area contributed by atoms with E-state index in [1.54, 1.807) is 0 Å². The van der Waals surface area contributed by atoms with Crippen LogP contribution < -0.4 is 15.2 Å². The second kappa shape index (κ2) is 5.82. The normalized spacial score (nSPS) is 12.5. The van der Waals surface area contributed by atoms with Crippen molar-refractivity contribution in [3.8, 4) is 0 Å². The molecule has 0 aliphatic carbocycles. The number of rotatable bonds is 6. The highest BCUT2D eigenvalue weighted by Gasteiger charge is 2.19. The highest BCUT2D eigenvalue weighted by molar-refractivity contribution is 7.90. The predicted octanol–water partition coefficient (Wildman–Crippen LogP) is -0.765. The van der Waals surface area contributed by atoms with Crippen LogP contribution in [0.4, 0.5) is 10.1 Å². The third-order valence-electron chi connectivity index (χ3n) is 2.22. The number of nitrogens with two attached hydrogens (primary N) is 1. The molecule has 108 valence electrons. The summed E-state index contributed by atoms with van der Waals surface area (Å²) in [6.07, 6.45) is 0. The predicted molar refractivity (Wildman–Crippen MR) is 68.8 cm³/mol. The van der Waals surface area contributed by atoms with Crippen LogP contribution in [0.5, 0.6) is 0 Å². The zero-order valence-corrected chi connectivity index (χ0v) is 11.7. The fourth-order valence-corrected chi connectivity index (χ4v) is 3.02. The molecule has 0 saturated carbocycles. The molecule has 0 amide bonds. The van der Waals surface area contributed by atoms with Crippen molar-refractivity contribution >= 4 is 25.7 Å². The Bertz CT molecular complexity index is 658. The second-order valence-electron chi connectivity index (χ2n) is 3.61. The highest BCUT2D eigenvalue weighted by Crippen LogP contribution is 2.16. The van der Waals surface area contributed by atoms with Crippen molar-refractivity contribution in [2.75, 3.05) is 25.1 Å². The molecule has 1 aromatic carbocycles. The SMILES string of the molecule is CNS(=O)(=O)CCNS(=O)(=O)c1ccc(N)cc1F. The highest BCUT2D eigenvalue weighted by atomic mass is 32.2. The van der Waals surface area contributed by atoms with Gasteiger partial charge in [0.1, 0.15) is 10.7 Å². The van der Waals surface area contributed by atoms with Crippen LogP contribution >= 0.6 is 0 Å². The Morgan fingerprint density at radius 2 is 1.89 bits per heavy atom. The fourth-order valence-electron chi connectivity index (χ4n) is 1.23. The molecule has 0 unspecified atom stereocenters. The summed E-state index contributed by atoms with van der Waals surface area (Å²) in [6, 6.07) is 3.13. The quantitative estimate of drug-likeness (QED) is 0.597. The van der Waals surface area contributed by atoms with Gasteiger partial charge in [-0.15, -0.1) is 0 Å². The van der Waals surface area contributed by atoms with E-state index in [1.165, 1.54) is 13.1 Å². The molecular formula is C9H14FN3O4S2. The number of anilines is 1. The van der Waals surface area contributed by atoms with E-state index in [4.69, 9.17) is 5.73 Å². The molecule has 0 saturated heterocycles. The molecular weight excluding hydrogens is 297 g/mol. The average molecular weight is 311 g/mol. The van der Waals surface area contributed by atoms with Crippen LogP contribution in [0.2, 0.25) is 0 Å². The minimum atomic E-state index is -4.11. The molecule has 0 aliphatic rings. The molecule has 19 heavy (non-hydrogen) atoms. The maximum atomic E-state index is 13.4. The van der Waals surface area contributed by atoms with E-state index in [2.05, 4.69) is 0 Å². The van der Waals surface area contributed by atoms with Crippen molar-refractivity contribution in [2.24, 2.45) is 0 Å². The number of halogens is 1. The third-order valence-corrected chi connectivity index (χ3v) is 5.08. The van der Waals surface area contributed by atoms with Gasteiger partial charge in [0.25, 0.3) is 0 Å². The van der Waals surface area contributed by atoms with Crippen molar-refractivity contribution in [2.45, 2.75) is 4.90 Å². The van der Waals surface area contributed by atoms with Gasteiger partial charge in [-0.25, -0.2) is 30.7 Å². The van der Waals surface area contributed by atoms with Crippen molar-refractivity contribution in [3.63, 3.8) is 0 Å². The van der Waals surface area contributed by atoms with Crippen molar-refractivity contribution in [3.05, 3.63) is 24.0 Å². The van der Waals surface area contributed by atoms with Gasteiger partial charge < -0.3 is 5.73 Å². The zero-order valence-electron chi connectivity index (χ0n) is 10.1. The lowest BCUT2D eigenvalue weighted by atomic mass is 10.3. The molecule has 4 N–H and O–H groups in total. The first-order valence-corrected chi connectivity index (χ1v) is 8.27. The van der Waals surface area contributed by atoms with Gasteiger partial charge in [-0.2, -0.15) is 0 Å². The molecule has 0 radical (unpaired) electrons. The lowest BCUT2D eigenvalue weighted by Gasteiger charge is -2.08. The van der Waals surface area contributed by atoms with Crippen LogP contribution in [0.1, 0.15) is 0 Å². The Kier molecular flexibility index (Phi) is 4.85. The lowest BCUT2D eigenvalue weighted by Crippen LogP contribution is -2.33. The van der Waals surface area contributed by atoms with E-state index in [-0.39, 0.29) is 12.2 Å². The molecule has 0 fully saturated rings. The molecule has 0 aromatic heterocycles. The first kappa shape index (κ1) is 15.8. The van der Waals surface area contributed by atoms with Gasteiger partial charge in [-0.1, -0.05) is 0 Å². The van der Waals surface area contributed by atoms with Crippen molar-refractivity contribution in [1.29, 1.82) is 0 Å². The van der Waals surface area contributed by atoms with Gasteiger partial charge in [-0.05, 0) is 25.2 Å². The summed E-state index contributed by atoms with van der Waals surface area (Å²) in [5.41, 5.74) is 5.40. The minimum absolute atomic E-state index is 0.0919. The summed E-state index contributed by atoms with van der Waals surface area (Å²) >= 11 is 0. The van der Waals surface area contributed by atoms with E-state index in [0.29, 0.717) is 0 Å². The molecule has 1 rings (SSSR count). The standard InChI is InChI=1S/C9H14FN3O4S2/c1-12-18(14,15)5-4-13-19(16,17)9-3-2-7(11)6-8(9)10/h2-3,6,12-13H,4-5,11H2,1H3. The molecule has 7 nitrogen and oxygen atoms in total. The minimum Gasteiger partial charge on any atom is -0.399 e. The van der Waals surface area contributed by atoms with Gasteiger partial charge in [0.05, 0.1) is 5.75 Å². The van der Waals surface area contributed by atoms with Gasteiger partial charge >= 0.3 is 0 Å². The van der Waals surface area contributed by atoms with E-state index in [1.807, 2.05) is 9.44 Å². The van der Waals surface area contributed by atoms with E-state index < -0.39 is 36.5 Å². The summed E-state index contributed by atoms with van der Waals surface area (Å²) in [6.45, 7) is -0.366. The lowest BCUT2D eigenvalue weighted by molar-refractivity contribution is 0.558. The number of hydrogen-bond donors (Lipinski definition) is 3. The van der Waals surface area contributed by atoms with Gasteiger partial charge in [0, 0.05) is 12.2 Å². The molecule has 0 spiro atoms. The topological polar surface area (TPSA) is 118 Å². The summed E-state index contributed by atoms with van der Waals surface area (Å²) in [5, 5.41) is 0. The Morgan fingerprint density at radius 3 is 2.42 bits per heavy atom. The second-order valence-corrected chi connectivity index (χ2v) is 7.39. The number of benzene rings is 1. The molecule has 0 bridgehead atoms. The van der Waals surface area contributed by atoms with Crippen LogP contribution in [0, 0.1) is 5.82 Å². The Morgan fingerprint density at radius 1 is 1.26 bits per heavy atom. The summed E-state index contributed by atoms with van der Waals surface area (Å²) in [4.78, 5) is -0.580. The summed E-state index contributed by atoms with van der Waals surface area (Å²) in [5.74, 6) is -1.44. The largest absolute Gasteiger partial charge is 0.399 e. The summed E-state index contributed by atoms with van der Waals surface area (Å²) in [7, 11) is -6.43. The molecule has 0 atom stereocenters. The summed E-state index contributed by atoms with van der Waals surface area (Å²) < 4.78 is 63.1. The number of nitrogens with one attached hydrogen (secondary N) is 2. The Hall–Kier alpha value is -1.23. The van der Waals surface area contributed by atoms with E-state index >= 15 is 0 Å². The Balaban J connectivity index is 2.82. The molecule has 10 heteroatoms. The first-order chi connectivity index (χ1) is 8.68. The van der Waals surface area contributed by atoms with Gasteiger partial charge in [0.15, 0.2) is 0 Å². The van der Waals surface area contributed by atoms with Crippen LogP contribution in [0.25, 0.3) is 0 Å². The number of hydrogen-bond acceptors (Lipinski definition) is 5. The van der Waals surface area contributed by atoms with Crippen LogP contribution in [0.3, 0.4) is 0 Å². The first-order valence-electron chi connectivity index (χ1n) is 5.14. The molecule has 1 aromatic rings. The van der Waals surface area contributed by atoms with Crippen molar-refractivity contribution < 1.29 is 21.2 Å². The molecule has 0 heterocycles. The van der Waals surface area contributed by atoms with Gasteiger partial charge in [-0.3, -0.25) is 0 Å². The van der Waals surface area contributed by atoms with Crippen LogP contribution in [0.15, 0.2) is 23.1 Å². The van der Waals surface area contributed by atoms with Crippen LogP contribution in [-0.4, -0.2) is 36.2 Å². The van der Waals surface area contributed by atoms with E-state index in [0.717, 1.165) is 12.1 Å². The number of nitrogen functional groups attached to an aromatic ring is 1.